The molecule has 0 unspecified atom stereocenters. The van der Waals surface area contributed by atoms with Gasteiger partial charge in [0.2, 0.25) is 0 Å². The van der Waals surface area contributed by atoms with Crippen LogP contribution in [0, 0.1) is 0 Å². The van der Waals surface area contributed by atoms with E-state index >= 15 is 0 Å². The molecule has 0 radical (unpaired) electrons. The van der Waals surface area contributed by atoms with E-state index in [0.29, 0.717) is 11.6 Å². The van der Waals surface area contributed by atoms with Gasteiger partial charge < -0.3 is 15.0 Å². The smallest absolute Gasteiger partial charge is 0.275 e. The lowest BCUT2D eigenvalue weighted by molar-refractivity contribution is 0.102. The van der Waals surface area contributed by atoms with Crippen LogP contribution < -0.4 is 10.1 Å². The van der Waals surface area contributed by atoms with Crippen LogP contribution in [0.5, 0.6) is 5.75 Å². The fourth-order valence-electron chi connectivity index (χ4n) is 2.76. The summed E-state index contributed by atoms with van der Waals surface area (Å²) in [6.07, 6.45) is 2.38. The number of nitrogens with zero attached hydrogens (tertiary/aromatic N) is 2. The van der Waals surface area contributed by atoms with Gasteiger partial charge in [-0.15, -0.1) is 11.3 Å². The van der Waals surface area contributed by atoms with Gasteiger partial charge in [0.15, 0.2) is 0 Å². The molecule has 6 heteroatoms. The van der Waals surface area contributed by atoms with Crippen LogP contribution in [0.1, 0.15) is 48.1 Å². The molecule has 2 heterocycles. The Labute approximate surface area is 153 Å². The van der Waals surface area contributed by atoms with Gasteiger partial charge >= 0.3 is 0 Å². The van der Waals surface area contributed by atoms with Crippen LogP contribution in [0.2, 0.25) is 0 Å². The van der Waals surface area contributed by atoms with E-state index in [1.54, 1.807) is 0 Å². The van der Waals surface area contributed by atoms with Crippen molar-refractivity contribution in [2.24, 2.45) is 0 Å². The van der Waals surface area contributed by atoms with E-state index in [0.717, 1.165) is 42.4 Å². The lowest BCUT2D eigenvalue weighted by Crippen LogP contribution is -2.35. The SMILES string of the molecule is CC(C)c1nc(C(=O)Nc2ccc(OC3CCN(C)CC3)cc2)cs1. The minimum Gasteiger partial charge on any atom is -0.490 e. The third-order valence-corrected chi connectivity index (χ3v) is 5.47. The molecule has 5 nitrogen and oxygen atoms in total. The normalized spacial score (nSPS) is 16.2. The van der Waals surface area contributed by atoms with E-state index < -0.39 is 0 Å². The first-order valence-corrected chi connectivity index (χ1v) is 9.61. The molecular formula is C19H25N3O2S. The molecule has 0 bridgehead atoms. The van der Waals surface area contributed by atoms with Crippen LogP contribution in [-0.4, -0.2) is 42.0 Å². The molecule has 1 aromatic heterocycles. The number of anilines is 1. The predicted octanol–water partition coefficient (Wildman–Crippen LogP) is 3.99. The fourth-order valence-corrected chi connectivity index (χ4v) is 3.58. The molecule has 134 valence electrons. The van der Waals surface area contributed by atoms with Crippen molar-refractivity contribution in [1.82, 2.24) is 9.88 Å². The second-order valence-electron chi connectivity index (χ2n) is 6.82. The molecule has 0 aliphatic carbocycles. The minimum atomic E-state index is -0.174. The molecular weight excluding hydrogens is 334 g/mol. The average Bonchev–Trinajstić information content (AvgIpc) is 3.09. The summed E-state index contributed by atoms with van der Waals surface area (Å²) in [6, 6.07) is 7.57. The maximum absolute atomic E-state index is 12.3. The van der Waals surface area contributed by atoms with E-state index in [2.05, 4.69) is 36.1 Å². The zero-order chi connectivity index (χ0) is 17.8. The van der Waals surface area contributed by atoms with E-state index in [4.69, 9.17) is 4.74 Å². The van der Waals surface area contributed by atoms with E-state index in [1.165, 1.54) is 11.3 Å². The zero-order valence-corrected chi connectivity index (χ0v) is 15.8. The largest absolute Gasteiger partial charge is 0.490 e. The number of hydrogen-bond donors (Lipinski definition) is 1. The molecule has 1 fully saturated rings. The Morgan fingerprint density at radius 3 is 2.56 bits per heavy atom. The number of thiazole rings is 1. The summed E-state index contributed by atoms with van der Waals surface area (Å²) >= 11 is 1.52. The van der Waals surface area contributed by atoms with Gasteiger partial charge in [-0.1, -0.05) is 13.8 Å². The number of carbonyl (C=O) groups excluding carboxylic acids is 1. The van der Waals surface area contributed by atoms with Crippen molar-refractivity contribution < 1.29 is 9.53 Å². The number of aromatic nitrogens is 1. The number of ether oxygens (including phenoxy) is 1. The van der Waals surface area contributed by atoms with Gasteiger partial charge in [0.1, 0.15) is 17.5 Å². The molecule has 2 aromatic rings. The Kier molecular flexibility index (Phi) is 5.71. The van der Waals surface area contributed by atoms with Crippen molar-refractivity contribution >= 4 is 22.9 Å². The average molecular weight is 359 g/mol. The highest BCUT2D eigenvalue weighted by atomic mass is 32.1. The summed E-state index contributed by atoms with van der Waals surface area (Å²) in [4.78, 5) is 19.0. The highest BCUT2D eigenvalue weighted by Gasteiger charge is 2.18. The van der Waals surface area contributed by atoms with Crippen LogP contribution in [-0.2, 0) is 0 Å². The van der Waals surface area contributed by atoms with Crippen molar-refractivity contribution in [3.63, 3.8) is 0 Å². The van der Waals surface area contributed by atoms with Gasteiger partial charge in [-0.3, -0.25) is 4.79 Å². The molecule has 0 atom stereocenters. The quantitative estimate of drug-likeness (QED) is 0.877. The van der Waals surface area contributed by atoms with Crippen LogP contribution >= 0.6 is 11.3 Å². The van der Waals surface area contributed by atoms with Gasteiger partial charge in [-0.2, -0.15) is 0 Å². The first-order chi connectivity index (χ1) is 12.0. The first kappa shape index (κ1) is 17.9. The Balaban J connectivity index is 1.55. The fraction of sp³-hybridized carbons (Fsp3) is 0.474. The highest BCUT2D eigenvalue weighted by molar-refractivity contribution is 7.09. The number of piperidine rings is 1. The number of nitrogens with one attached hydrogen (secondary N) is 1. The van der Waals surface area contributed by atoms with Gasteiger partial charge in [0, 0.05) is 30.1 Å². The predicted molar refractivity (Wildman–Crippen MR) is 102 cm³/mol. The van der Waals surface area contributed by atoms with E-state index in [1.807, 2.05) is 29.6 Å². The Bertz CT molecular complexity index is 704. The van der Waals surface area contributed by atoms with Crippen molar-refractivity contribution in [3.05, 3.63) is 40.3 Å². The minimum absolute atomic E-state index is 0.174. The second-order valence-corrected chi connectivity index (χ2v) is 7.71. The number of rotatable bonds is 5. The summed E-state index contributed by atoms with van der Waals surface area (Å²) in [6.45, 7) is 6.29. The molecule has 0 saturated carbocycles. The monoisotopic (exact) mass is 359 g/mol. The molecule has 1 aliphatic rings. The van der Waals surface area contributed by atoms with Crippen molar-refractivity contribution in [2.75, 3.05) is 25.5 Å². The second kappa shape index (κ2) is 7.97. The molecule has 1 aromatic carbocycles. The summed E-state index contributed by atoms with van der Waals surface area (Å²) in [7, 11) is 2.14. The van der Waals surface area contributed by atoms with Gasteiger partial charge in [-0.05, 0) is 44.2 Å². The van der Waals surface area contributed by atoms with Crippen molar-refractivity contribution in [1.29, 1.82) is 0 Å². The van der Waals surface area contributed by atoms with Crippen LogP contribution in [0.4, 0.5) is 5.69 Å². The van der Waals surface area contributed by atoms with Crippen molar-refractivity contribution in [2.45, 2.75) is 38.7 Å². The summed E-state index contributed by atoms with van der Waals surface area (Å²) in [5, 5.41) is 5.68. The Morgan fingerprint density at radius 1 is 1.28 bits per heavy atom. The topological polar surface area (TPSA) is 54.5 Å². The maximum atomic E-state index is 12.3. The van der Waals surface area contributed by atoms with Crippen LogP contribution in [0.3, 0.4) is 0 Å². The number of likely N-dealkylation sites (tertiary alicyclic amines) is 1. The third kappa shape index (κ3) is 4.80. The highest BCUT2D eigenvalue weighted by Crippen LogP contribution is 2.22. The molecule has 0 spiro atoms. The first-order valence-electron chi connectivity index (χ1n) is 8.73. The standard InChI is InChI=1S/C19H25N3O2S/c1-13(2)19-21-17(12-25-19)18(23)20-14-4-6-15(7-5-14)24-16-8-10-22(3)11-9-16/h4-7,12-13,16H,8-11H2,1-3H3,(H,20,23). The lowest BCUT2D eigenvalue weighted by Gasteiger charge is -2.29. The summed E-state index contributed by atoms with van der Waals surface area (Å²) < 4.78 is 6.03. The molecule has 1 saturated heterocycles. The number of amides is 1. The van der Waals surface area contributed by atoms with Crippen LogP contribution in [0.25, 0.3) is 0 Å². The van der Waals surface area contributed by atoms with Crippen LogP contribution in [0.15, 0.2) is 29.6 Å². The molecule has 1 aliphatic heterocycles. The maximum Gasteiger partial charge on any atom is 0.275 e. The van der Waals surface area contributed by atoms with Gasteiger partial charge in [-0.25, -0.2) is 4.98 Å². The number of hydrogen-bond acceptors (Lipinski definition) is 5. The number of carbonyl (C=O) groups is 1. The third-order valence-electron chi connectivity index (χ3n) is 4.33. The lowest BCUT2D eigenvalue weighted by atomic mass is 10.1. The van der Waals surface area contributed by atoms with Gasteiger partial charge in [0.25, 0.3) is 5.91 Å². The zero-order valence-electron chi connectivity index (χ0n) is 15.0. The number of benzene rings is 1. The molecule has 3 rings (SSSR count). The molecule has 25 heavy (non-hydrogen) atoms. The van der Waals surface area contributed by atoms with Gasteiger partial charge in [0.05, 0.1) is 5.01 Å². The molecule has 1 N–H and O–H groups in total. The summed E-state index contributed by atoms with van der Waals surface area (Å²) in [5.74, 6) is 1.01. The van der Waals surface area contributed by atoms with E-state index in [-0.39, 0.29) is 12.0 Å². The van der Waals surface area contributed by atoms with E-state index in [9.17, 15) is 4.79 Å². The Hall–Kier alpha value is -1.92. The summed E-state index contributed by atoms with van der Waals surface area (Å²) in [5.41, 5.74) is 1.22. The Morgan fingerprint density at radius 2 is 1.96 bits per heavy atom. The molecule has 1 amide bonds. The van der Waals surface area contributed by atoms with Crippen molar-refractivity contribution in [3.8, 4) is 5.75 Å².